The van der Waals surface area contributed by atoms with E-state index in [1.54, 1.807) is 0 Å². The molecule has 2 heterocycles. The Hall–Kier alpha value is -4.27. The standard InChI is InChI=1S/C24H14F7N3O4S/c1-2-38-22(37)18-16-10-39-20(17(16)21(36)34(33-18)15-5-3-4-14(25)9-15)32-19(35)11-6-12(23(26,27)28)8-13(7-11)24(29,30)31/h3-10H,2H2,1H3,(H,32,35). The monoisotopic (exact) mass is 573 g/mol. The highest BCUT2D eigenvalue weighted by Gasteiger charge is 2.37. The number of nitrogens with zero attached hydrogens (tertiary/aromatic N) is 2. The summed E-state index contributed by atoms with van der Waals surface area (Å²) >= 11 is 0.665. The fourth-order valence-electron chi connectivity index (χ4n) is 3.54. The molecule has 0 aliphatic heterocycles. The predicted octanol–water partition coefficient (Wildman–Crippen LogP) is 6.05. The number of anilines is 1. The number of halogens is 7. The summed E-state index contributed by atoms with van der Waals surface area (Å²) in [5.74, 6) is -3.11. The Kier molecular flexibility index (Phi) is 7.21. The smallest absolute Gasteiger partial charge is 0.416 e. The summed E-state index contributed by atoms with van der Waals surface area (Å²) < 4.78 is 98.9. The van der Waals surface area contributed by atoms with Gasteiger partial charge in [0.25, 0.3) is 11.5 Å². The Morgan fingerprint density at radius 2 is 1.67 bits per heavy atom. The fourth-order valence-corrected chi connectivity index (χ4v) is 4.47. The van der Waals surface area contributed by atoms with Gasteiger partial charge in [-0.15, -0.1) is 11.3 Å². The molecule has 204 valence electrons. The van der Waals surface area contributed by atoms with E-state index in [0.717, 1.165) is 12.1 Å². The number of thiophene rings is 1. The van der Waals surface area contributed by atoms with Gasteiger partial charge in [-0.2, -0.15) is 36.1 Å². The molecule has 0 aliphatic rings. The Bertz CT molecular complexity index is 1630. The van der Waals surface area contributed by atoms with Crippen LogP contribution in [0.2, 0.25) is 0 Å². The lowest BCUT2D eigenvalue weighted by Gasteiger charge is -2.14. The molecule has 1 amide bonds. The summed E-state index contributed by atoms with van der Waals surface area (Å²) in [5.41, 5.74) is -5.86. The molecular formula is C24H14F7N3O4S. The number of amides is 1. The molecule has 0 fully saturated rings. The molecule has 2 aromatic carbocycles. The van der Waals surface area contributed by atoms with Gasteiger partial charge in [-0.05, 0) is 43.3 Å². The van der Waals surface area contributed by atoms with E-state index in [4.69, 9.17) is 4.74 Å². The number of nitrogens with one attached hydrogen (secondary N) is 1. The number of rotatable bonds is 5. The van der Waals surface area contributed by atoms with Crippen molar-refractivity contribution in [3.05, 3.63) is 86.4 Å². The van der Waals surface area contributed by atoms with Crippen molar-refractivity contribution in [2.75, 3.05) is 11.9 Å². The van der Waals surface area contributed by atoms with Gasteiger partial charge in [0.2, 0.25) is 0 Å². The lowest BCUT2D eigenvalue weighted by Crippen LogP contribution is -2.25. The van der Waals surface area contributed by atoms with Gasteiger partial charge in [-0.1, -0.05) is 6.07 Å². The third kappa shape index (κ3) is 5.62. The van der Waals surface area contributed by atoms with E-state index in [0.29, 0.717) is 16.0 Å². The van der Waals surface area contributed by atoms with Crippen LogP contribution >= 0.6 is 11.3 Å². The molecular weight excluding hydrogens is 559 g/mol. The van der Waals surface area contributed by atoms with Crippen molar-refractivity contribution in [1.82, 2.24) is 9.78 Å². The average Bonchev–Trinajstić information content (AvgIpc) is 3.27. The van der Waals surface area contributed by atoms with Crippen molar-refractivity contribution in [1.29, 1.82) is 0 Å². The Balaban J connectivity index is 1.88. The molecule has 4 rings (SSSR count). The zero-order valence-corrected chi connectivity index (χ0v) is 20.2. The van der Waals surface area contributed by atoms with Crippen LogP contribution in [-0.2, 0) is 17.1 Å². The lowest BCUT2D eigenvalue weighted by atomic mass is 10.0. The number of carbonyl (C=O) groups excluding carboxylic acids is 2. The first-order valence-corrected chi connectivity index (χ1v) is 11.7. The van der Waals surface area contributed by atoms with Crippen molar-refractivity contribution in [3.63, 3.8) is 0 Å². The minimum absolute atomic E-state index is 0.0775. The second-order valence-corrected chi connectivity index (χ2v) is 8.75. The first-order chi connectivity index (χ1) is 18.2. The maximum Gasteiger partial charge on any atom is 0.416 e. The molecule has 2 aromatic heterocycles. The number of esters is 1. The molecule has 39 heavy (non-hydrogen) atoms. The van der Waals surface area contributed by atoms with Crippen molar-refractivity contribution in [2.45, 2.75) is 19.3 Å². The van der Waals surface area contributed by atoms with Crippen LogP contribution in [-0.4, -0.2) is 28.3 Å². The molecule has 0 radical (unpaired) electrons. The van der Waals surface area contributed by atoms with E-state index in [9.17, 15) is 45.1 Å². The van der Waals surface area contributed by atoms with Gasteiger partial charge >= 0.3 is 18.3 Å². The van der Waals surface area contributed by atoms with Gasteiger partial charge < -0.3 is 10.1 Å². The van der Waals surface area contributed by atoms with Crippen molar-refractivity contribution < 1.29 is 45.1 Å². The first-order valence-electron chi connectivity index (χ1n) is 10.8. The second-order valence-electron chi connectivity index (χ2n) is 7.87. The van der Waals surface area contributed by atoms with Crippen LogP contribution in [0.3, 0.4) is 0 Å². The summed E-state index contributed by atoms with van der Waals surface area (Å²) in [6.45, 7) is 1.42. The third-order valence-corrected chi connectivity index (χ3v) is 6.15. The summed E-state index contributed by atoms with van der Waals surface area (Å²) in [4.78, 5) is 38.7. The quantitative estimate of drug-likeness (QED) is 0.232. The van der Waals surface area contributed by atoms with E-state index in [1.807, 2.05) is 0 Å². The van der Waals surface area contributed by atoms with Crippen LogP contribution in [0.15, 0.2) is 52.6 Å². The number of aromatic nitrogens is 2. The van der Waals surface area contributed by atoms with Crippen molar-refractivity contribution in [2.24, 2.45) is 0 Å². The fraction of sp³-hybridized carbons (Fsp3) is 0.167. The number of ether oxygens (including phenoxy) is 1. The van der Waals surface area contributed by atoms with Crippen LogP contribution < -0.4 is 10.9 Å². The molecule has 0 bridgehead atoms. The molecule has 0 unspecified atom stereocenters. The summed E-state index contributed by atoms with van der Waals surface area (Å²) in [6, 6.07) is 4.90. The van der Waals surface area contributed by atoms with Crippen LogP contribution in [0, 0.1) is 5.82 Å². The van der Waals surface area contributed by atoms with Gasteiger partial charge in [0.05, 0.1) is 28.8 Å². The second kappa shape index (κ2) is 10.1. The van der Waals surface area contributed by atoms with Crippen molar-refractivity contribution in [3.8, 4) is 5.69 Å². The van der Waals surface area contributed by atoms with Gasteiger partial charge in [-0.25, -0.2) is 9.18 Å². The number of hydrogen-bond donors (Lipinski definition) is 1. The summed E-state index contributed by atoms with van der Waals surface area (Å²) in [7, 11) is 0. The Morgan fingerprint density at radius 1 is 1.03 bits per heavy atom. The molecule has 0 atom stereocenters. The van der Waals surface area contributed by atoms with Gasteiger partial charge in [0, 0.05) is 16.3 Å². The highest BCUT2D eigenvalue weighted by molar-refractivity contribution is 7.16. The zero-order valence-electron chi connectivity index (χ0n) is 19.4. The molecule has 1 N–H and O–H groups in total. The largest absolute Gasteiger partial charge is 0.461 e. The van der Waals surface area contributed by atoms with Gasteiger partial charge in [0.1, 0.15) is 10.8 Å². The molecule has 0 saturated carbocycles. The van der Waals surface area contributed by atoms with Crippen LogP contribution in [0.5, 0.6) is 0 Å². The lowest BCUT2D eigenvalue weighted by molar-refractivity contribution is -0.143. The minimum atomic E-state index is -5.19. The predicted molar refractivity (Wildman–Crippen MR) is 126 cm³/mol. The molecule has 0 spiro atoms. The number of carbonyl (C=O) groups is 2. The third-order valence-electron chi connectivity index (χ3n) is 5.25. The molecule has 0 saturated heterocycles. The van der Waals surface area contributed by atoms with Crippen LogP contribution in [0.4, 0.5) is 35.7 Å². The van der Waals surface area contributed by atoms with Gasteiger partial charge in [-0.3, -0.25) is 9.59 Å². The van der Waals surface area contributed by atoms with Crippen LogP contribution in [0.25, 0.3) is 16.5 Å². The molecule has 15 heteroatoms. The van der Waals surface area contributed by atoms with E-state index in [1.165, 1.54) is 24.4 Å². The maximum atomic E-state index is 13.8. The molecule has 7 nitrogen and oxygen atoms in total. The first kappa shape index (κ1) is 27.8. The van der Waals surface area contributed by atoms with Crippen LogP contribution in [0.1, 0.15) is 38.9 Å². The van der Waals surface area contributed by atoms with E-state index in [-0.39, 0.29) is 46.3 Å². The number of hydrogen-bond acceptors (Lipinski definition) is 6. The van der Waals surface area contributed by atoms with E-state index in [2.05, 4.69) is 10.4 Å². The normalized spacial score (nSPS) is 12.0. The highest BCUT2D eigenvalue weighted by atomic mass is 32.1. The summed E-state index contributed by atoms with van der Waals surface area (Å²) in [6.07, 6.45) is -10.4. The molecule has 4 aromatic rings. The number of fused-ring (bicyclic) bond motifs is 1. The van der Waals surface area contributed by atoms with E-state index < -0.39 is 58.0 Å². The topological polar surface area (TPSA) is 90.3 Å². The SMILES string of the molecule is CCOC(=O)c1nn(-c2cccc(F)c2)c(=O)c2c(NC(=O)c3cc(C(F)(F)F)cc(C(F)(F)F)c3)scc12. The van der Waals surface area contributed by atoms with Gasteiger partial charge in [0.15, 0.2) is 5.69 Å². The number of benzene rings is 2. The summed E-state index contributed by atoms with van der Waals surface area (Å²) in [5, 5.41) is 6.59. The highest BCUT2D eigenvalue weighted by Crippen LogP contribution is 2.37. The maximum absolute atomic E-state index is 13.8. The Labute approximate surface area is 217 Å². The number of alkyl halides is 6. The zero-order chi connectivity index (χ0) is 28.7. The molecule has 0 aliphatic carbocycles. The Morgan fingerprint density at radius 3 is 2.23 bits per heavy atom. The minimum Gasteiger partial charge on any atom is -0.461 e. The average molecular weight is 573 g/mol. The van der Waals surface area contributed by atoms with E-state index >= 15 is 0 Å². The van der Waals surface area contributed by atoms with Crippen molar-refractivity contribution >= 4 is 39.0 Å².